The largest absolute Gasteiger partial charge is 0.349 e. The number of rotatable bonds is 6. The van der Waals surface area contributed by atoms with Gasteiger partial charge < -0.3 is 10.6 Å². The summed E-state index contributed by atoms with van der Waals surface area (Å²) >= 11 is 1.38. The average molecular weight is 384 g/mol. The van der Waals surface area contributed by atoms with Gasteiger partial charge in [0, 0.05) is 35.6 Å². The summed E-state index contributed by atoms with van der Waals surface area (Å²) in [6.07, 6.45) is 3.64. The third-order valence-corrected chi connectivity index (χ3v) is 5.44. The van der Waals surface area contributed by atoms with E-state index in [1.54, 1.807) is 29.2 Å². The molecule has 8 heteroatoms. The van der Waals surface area contributed by atoms with Crippen molar-refractivity contribution in [1.82, 2.24) is 10.3 Å². The standard InChI is InChI=1S/C19H20N4O3S/c24-16(10-15-11-27-19(22-15)23-9-1-2-17(23)25)20-13-5-3-12(4-6-13)18(26)21-14-7-8-14/h3-6,11,14H,1-2,7-10H2,(H,20,24)(H,21,26). The highest BCUT2D eigenvalue weighted by Gasteiger charge is 2.25. The maximum atomic E-state index is 12.2. The first-order valence-corrected chi connectivity index (χ1v) is 9.92. The second-order valence-corrected chi connectivity index (χ2v) is 7.66. The van der Waals surface area contributed by atoms with Crippen molar-refractivity contribution in [2.24, 2.45) is 0 Å². The predicted molar refractivity (Wildman–Crippen MR) is 103 cm³/mol. The molecule has 140 valence electrons. The molecule has 27 heavy (non-hydrogen) atoms. The summed E-state index contributed by atoms with van der Waals surface area (Å²) < 4.78 is 0. The van der Waals surface area contributed by atoms with Gasteiger partial charge in [0.25, 0.3) is 5.91 Å². The molecule has 3 amide bonds. The summed E-state index contributed by atoms with van der Waals surface area (Å²) in [7, 11) is 0. The maximum Gasteiger partial charge on any atom is 0.251 e. The van der Waals surface area contributed by atoms with E-state index in [0.717, 1.165) is 19.3 Å². The zero-order valence-corrected chi connectivity index (χ0v) is 15.6. The van der Waals surface area contributed by atoms with Gasteiger partial charge in [0.1, 0.15) is 0 Å². The lowest BCUT2D eigenvalue weighted by Crippen LogP contribution is -2.25. The summed E-state index contributed by atoms with van der Waals surface area (Å²) in [5.74, 6) is -0.178. The van der Waals surface area contributed by atoms with Crippen LogP contribution < -0.4 is 15.5 Å². The van der Waals surface area contributed by atoms with E-state index in [4.69, 9.17) is 0 Å². The molecule has 2 aromatic rings. The molecule has 1 aromatic carbocycles. The second kappa shape index (κ2) is 7.48. The van der Waals surface area contributed by atoms with Crippen LogP contribution in [0.1, 0.15) is 41.7 Å². The topological polar surface area (TPSA) is 91.4 Å². The van der Waals surface area contributed by atoms with Crippen LogP contribution in [0, 0.1) is 0 Å². The quantitative estimate of drug-likeness (QED) is 0.800. The lowest BCUT2D eigenvalue weighted by atomic mass is 10.2. The van der Waals surface area contributed by atoms with Crippen molar-refractivity contribution in [1.29, 1.82) is 0 Å². The normalized spacial score (nSPS) is 16.4. The number of nitrogens with zero attached hydrogens (tertiary/aromatic N) is 2. The Kier molecular flexibility index (Phi) is 4.89. The van der Waals surface area contributed by atoms with Crippen molar-refractivity contribution < 1.29 is 14.4 Å². The number of anilines is 2. The Morgan fingerprint density at radius 3 is 2.67 bits per heavy atom. The number of hydrogen-bond acceptors (Lipinski definition) is 5. The summed E-state index contributed by atoms with van der Waals surface area (Å²) in [6, 6.07) is 7.15. The fourth-order valence-corrected chi connectivity index (χ4v) is 3.79. The van der Waals surface area contributed by atoms with E-state index in [2.05, 4.69) is 15.6 Å². The minimum Gasteiger partial charge on any atom is -0.349 e. The SMILES string of the molecule is O=C(Cc1csc(N2CCCC2=O)n1)Nc1ccc(C(=O)NC2CC2)cc1. The van der Waals surface area contributed by atoms with E-state index in [1.165, 1.54) is 11.3 Å². The van der Waals surface area contributed by atoms with Crippen molar-refractivity contribution in [2.45, 2.75) is 38.1 Å². The van der Waals surface area contributed by atoms with Crippen LogP contribution in [0.5, 0.6) is 0 Å². The Morgan fingerprint density at radius 2 is 2.00 bits per heavy atom. The van der Waals surface area contributed by atoms with Crippen molar-refractivity contribution in [3.05, 3.63) is 40.9 Å². The summed E-state index contributed by atoms with van der Waals surface area (Å²) in [5, 5.41) is 8.21. The summed E-state index contributed by atoms with van der Waals surface area (Å²) in [5.41, 5.74) is 1.86. The highest BCUT2D eigenvalue weighted by Crippen LogP contribution is 2.25. The van der Waals surface area contributed by atoms with Crippen LogP contribution in [-0.4, -0.2) is 35.3 Å². The molecule has 0 atom stereocenters. The third-order valence-electron chi connectivity index (χ3n) is 4.53. The van der Waals surface area contributed by atoms with Gasteiger partial charge >= 0.3 is 0 Å². The van der Waals surface area contributed by atoms with Gasteiger partial charge in [-0.25, -0.2) is 4.98 Å². The van der Waals surface area contributed by atoms with Gasteiger partial charge in [0.05, 0.1) is 12.1 Å². The van der Waals surface area contributed by atoms with Crippen LogP contribution in [0.4, 0.5) is 10.8 Å². The molecule has 2 fully saturated rings. The molecule has 2 N–H and O–H groups in total. The molecule has 1 aliphatic carbocycles. The second-order valence-electron chi connectivity index (χ2n) is 6.82. The van der Waals surface area contributed by atoms with Gasteiger partial charge in [-0.1, -0.05) is 0 Å². The van der Waals surface area contributed by atoms with Crippen molar-refractivity contribution in [3.8, 4) is 0 Å². The zero-order chi connectivity index (χ0) is 18.8. The van der Waals surface area contributed by atoms with Crippen LogP contribution in [0.2, 0.25) is 0 Å². The molecule has 0 unspecified atom stereocenters. The van der Waals surface area contributed by atoms with Gasteiger partial charge in [-0.05, 0) is 43.5 Å². The Morgan fingerprint density at radius 1 is 1.22 bits per heavy atom. The van der Waals surface area contributed by atoms with Crippen LogP contribution >= 0.6 is 11.3 Å². The Balaban J connectivity index is 1.32. The monoisotopic (exact) mass is 384 g/mol. The summed E-state index contributed by atoms with van der Waals surface area (Å²) in [6.45, 7) is 0.693. The molecule has 1 saturated carbocycles. The average Bonchev–Trinajstić information content (AvgIpc) is 3.17. The lowest BCUT2D eigenvalue weighted by molar-refractivity contribution is -0.117. The van der Waals surface area contributed by atoms with Crippen molar-refractivity contribution >= 4 is 39.9 Å². The molecule has 1 saturated heterocycles. The first kappa shape index (κ1) is 17.7. The number of carbonyl (C=O) groups excluding carboxylic acids is 3. The molecule has 2 heterocycles. The number of carbonyl (C=O) groups is 3. The van der Waals surface area contributed by atoms with Crippen molar-refractivity contribution in [3.63, 3.8) is 0 Å². The predicted octanol–water partition coefficient (Wildman–Crippen LogP) is 2.34. The van der Waals surface area contributed by atoms with Gasteiger partial charge in [-0.2, -0.15) is 0 Å². The number of benzene rings is 1. The molecule has 0 radical (unpaired) electrons. The van der Waals surface area contributed by atoms with Crippen molar-refractivity contribution in [2.75, 3.05) is 16.8 Å². The number of thiazole rings is 1. The van der Waals surface area contributed by atoms with Gasteiger partial charge in [0.2, 0.25) is 11.8 Å². The Bertz CT molecular complexity index is 873. The van der Waals surface area contributed by atoms with Crippen LogP contribution in [0.25, 0.3) is 0 Å². The van der Waals surface area contributed by atoms with E-state index < -0.39 is 0 Å². The Hall–Kier alpha value is -2.74. The molecule has 2 aliphatic rings. The van der Waals surface area contributed by atoms with Gasteiger partial charge in [-0.15, -0.1) is 11.3 Å². The van der Waals surface area contributed by atoms with Gasteiger partial charge in [-0.3, -0.25) is 19.3 Å². The molecular formula is C19H20N4O3S. The minimum atomic E-state index is -0.185. The first-order chi connectivity index (χ1) is 13.1. The van der Waals surface area contributed by atoms with Crippen LogP contribution in [0.3, 0.4) is 0 Å². The van der Waals surface area contributed by atoms with Gasteiger partial charge in [0.15, 0.2) is 5.13 Å². The molecule has 0 bridgehead atoms. The minimum absolute atomic E-state index is 0.0816. The zero-order valence-electron chi connectivity index (χ0n) is 14.7. The van der Waals surface area contributed by atoms with E-state index in [0.29, 0.717) is 41.1 Å². The Labute approximate surface area is 160 Å². The molecular weight excluding hydrogens is 364 g/mol. The fraction of sp³-hybridized carbons (Fsp3) is 0.368. The number of amides is 3. The third kappa shape index (κ3) is 4.33. The van der Waals surface area contributed by atoms with Crippen LogP contribution in [0.15, 0.2) is 29.6 Å². The number of aromatic nitrogens is 1. The van der Waals surface area contributed by atoms with E-state index >= 15 is 0 Å². The molecule has 4 rings (SSSR count). The molecule has 1 aromatic heterocycles. The lowest BCUT2D eigenvalue weighted by Gasteiger charge is -2.10. The highest BCUT2D eigenvalue weighted by molar-refractivity contribution is 7.14. The molecule has 1 aliphatic heterocycles. The highest BCUT2D eigenvalue weighted by atomic mass is 32.1. The van der Waals surface area contributed by atoms with Crippen LogP contribution in [-0.2, 0) is 16.0 Å². The summed E-state index contributed by atoms with van der Waals surface area (Å²) in [4.78, 5) is 42.1. The van der Waals surface area contributed by atoms with E-state index in [1.807, 2.05) is 5.38 Å². The number of hydrogen-bond donors (Lipinski definition) is 2. The number of nitrogens with one attached hydrogen (secondary N) is 2. The molecule has 0 spiro atoms. The first-order valence-electron chi connectivity index (χ1n) is 9.04. The van der Waals surface area contributed by atoms with E-state index in [9.17, 15) is 14.4 Å². The van der Waals surface area contributed by atoms with E-state index in [-0.39, 0.29) is 24.1 Å². The molecule has 7 nitrogen and oxygen atoms in total. The smallest absolute Gasteiger partial charge is 0.251 e. The maximum absolute atomic E-state index is 12.2. The fourth-order valence-electron chi connectivity index (χ4n) is 2.92.